The predicted octanol–water partition coefficient (Wildman–Crippen LogP) is 3.35. The van der Waals surface area contributed by atoms with E-state index in [4.69, 9.17) is 4.74 Å². The van der Waals surface area contributed by atoms with Crippen LogP contribution >= 0.6 is 0 Å². The molecule has 2 aromatic rings. The lowest BCUT2D eigenvalue weighted by Crippen LogP contribution is -2.60. The van der Waals surface area contributed by atoms with Gasteiger partial charge in [0.25, 0.3) is 0 Å². The van der Waals surface area contributed by atoms with E-state index in [0.29, 0.717) is 43.7 Å². The van der Waals surface area contributed by atoms with Gasteiger partial charge in [-0.2, -0.15) is 4.31 Å². The number of rotatable bonds is 6. The average molecular weight is 490 g/mol. The van der Waals surface area contributed by atoms with Crippen molar-refractivity contribution in [3.8, 4) is 5.75 Å². The number of ether oxygens (including phenoxy) is 1. The normalized spacial score (nSPS) is 22.4. The summed E-state index contributed by atoms with van der Waals surface area (Å²) in [6.45, 7) is 3.00. The number of carbonyl (C=O) groups excluding carboxylic acids is 1. The Morgan fingerprint density at radius 1 is 1.18 bits per heavy atom. The van der Waals surface area contributed by atoms with E-state index in [0.717, 1.165) is 0 Å². The molecule has 2 aromatic carbocycles. The molecule has 4 rings (SSSR count). The van der Waals surface area contributed by atoms with Gasteiger partial charge in [-0.05, 0) is 55.7 Å². The van der Waals surface area contributed by atoms with Crippen molar-refractivity contribution in [1.82, 2.24) is 9.21 Å². The first-order valence-electron chi connectivity index (χ1n) is 11.3. The molecule has 2 heterocycles. The molecule has 34 heavy (non-hydrogen) atoms. The maximum absolute atomic E-state index is 13.6. The Morgan fingerprint density at radius 3 is 2.44 bits per heavy atom. The number of piperidine rings is 1. The van der Waals surface area contributed by atoms with Crippen LogP contribution in [0.25, 0.3) is 0 Å². The van der Waals surface area contributed by atoms with Crippen LogP contribution in [0, 0.1) is 11.7 Å². The van der Waals surface area contributed by atoms with Crippen LogP contribution in [0.2, 0.25) is 0 Å². The van der Waals surface area contributed by atoms with E-state index in [1.807, 2.05) is 11.8 Å². The first-order valence-corrected chi connectivity index (χ1v) is 12.7. The van der Waals surface area contributed by atoms with Gasteiger partial charge in [0.15, 0.2) is 5.78 Å². The second kappa shape index (κ2) is 9.81. The van der Waals surface area contributed by atoms with Crippen LogP contribution in [-0.4, -0.2) is 67.2 Å². The summed E-state index contributed by atoms with van der Waals surface area (Å²) in [5, 5.41) is 13.6. The molecule has 0 spiro atoms. The van der Waals surface area contributed by atoms with E-state index < -0.39 is 22.0 Å². The summed E-state index contributed by atoms with van der Waals surface area (Å²) in [6, 6.07) is 10.2. The van der Waals surface area contributed by atoms with Gasteiger partial charge in [-0.15, -0.1) is 0 Å². The second-order valence-corrected chi connectivity index (χ2v) is 10.3. The van der Waals surface area contributed by atoms with Gasteiger partial charge in [-0.1, -0.05) is 18.1 Å². The van der Waals surface area contributed by atoms with E-state index in [2.05, 4.69) is 5.16 Å². The number of oxime groups is 1. The van der Waals surface area contributed by atoms with E-state index in [1.54, 1.807) is 12.1 Å². The number of benzene rings is 2. The second-order valence-electron chi connectivity index (χ2n) is 8.49. The van der Waals surface area contributed by atoms with Crippen LogP contribution < -0.4 is 4.74 Å². The van der Waals surface area contributed by atoms with Gasteiger partial charge in [0, 0.05) is 31.1 Å². The van der Waals surface area contributed by atoms with Crippen LogP contribution in [0.3, 0.4) is 0 Å². The number of sulfonamides is 1. The van der Waals surface area contributed by atoms with Gasteiger partial charge in [0.1, 0.15) is 23.4 Å². The van der Waals surface area contributed by atoms with Crippen LogP contribution in [0.4, 0.5) is 4.39 Å². The number of ketones is 1. The highest BCUT2D eigenvalue weighted by molar-refractivity contribution is 7.89. The number of Topliss-reactive ketones (excluding diaryl/α,β-unsaturated/α-hetero) is 1. The molecule has 10 heteroatoms. The Morgan fingerprint density at radius 2 is 1.85 bits per heavy atom. The van der Waals surface area contributed by atoms with E-state index in [1.165, 1.54) is 41.7 Å². The largest absolute Gasteiger partial charge is 0.496 e. The third-order valence-electron chi connectivity index (χ3n) is 6.49. The molecule has 0 amide bonds. The minimum Gasteiger partial charge on any atom is -0.496 e. The van der Waals surface area contributed by atoms with Crippen molar-refractivity contribution in [2.45, 2.75) is 37.2 Å². The molecule has 8 nitrogen and oxygen atoms in total. The first kappa shape index (κ1) is 24.3. The molecule has 0 radical (unpaired) electrons. The van der Waals surface area contributed by atoms with Crippen molar-refractivity contribution in [2.75, 3.05) is 26.7 Å². The lowest BCUT2D eigenvalue weighted by Gasteiger charge is -2.44. The summed E-state index contributed by atoms with van der Waals surface area (Å²) in [6.07, 6.45) is 0.766. The third kappa shape index (κ3) is 4.21. The van der Waals surface area contributed by atoms with Crippen molar-refractivity contribution >= 4 is 21.5 Å². The van der Waals surface area contributed by atoms with Gasteiger partial charge in [-0.25, -0.2) is 12.8 Å². The number of methoxy groups -OCH3 is 1. The molecule has 2 aliphatic rings. The summed E-state index contributed by atoms with van der Waals surface area (Å²) in [5.41, 5.74) is 0.928. The first-order chi connectivity index (χ1) is 16.3. The predicted molar refractivity (Wildman–Crippen MR) is 124 cm³/mol. The maximum Gasteiger partial charge on any atom is 0.245 e. The molecule has 0 saturated carbocycles. The zero-order valence-corrected chi connectivity index (χ0v) is 20.0. The number of carbonyl (C=O) groups is 1. The summed E-state index contributed by atoms with van der Waals surface area (Å²) in [4.78, 5) is 14.9. The fraction of sp³-hybridized carbons (Fsp3) is 0.417. The SMILES string of the molecule is CCCN1C(N2CCC(C(=O)c3ccc(F)cc3)CC2)C(=NO)c2c(OC)cccc2S1(=O)=O. The fourth-order valence-corrected chi connectivity index (χ4v) is 6.73. The Labute approximate surface area is 198 Å². The van der Waals surface area contributed by atoms with Crippen molar-refractivity contribution in [3.63, 3.8) is 0 Å². The summed E-state index contributed by atoms with van der Waals surface area (Å²) >= 11 is 0. The minimum atomic E-state index is -3.88. The summed E-state index contributed by atoms with van der Waals surface area (Å²) in [5.74, 6) is -0.383. The Bertz CT molecular complexity index is 1190. The van der Waals surface area contributed by atoms with E-state index >= 15 is 0 Å². The van der Waals surface area contributed by atoms with Gasteiger partial charge < -0.3 is 9.94 Å². The molecule has 2 aliphatic heterocycles. The third-order valence-corrected chi connectivity index (χ3v) is 8.39. The number of fused-ring (bicyclic) bond motifs is 1. The summed E-state index contributed by atoms with van der Waals surface area (Å²) in [7, 11) is -2.44. The molecule has 182 valence electrons. The quantitative estimate of drug-likeness (QED) is 0.380. The standard InChI is InChI=1S/C24H28FN3O5S/c1-3-13-28-24(22(26-30)21-19(33-2)5-4-6-20(21)34(28,31)32)27-14-11-17(12-15-27)23(29)16-7-9-18(25)10-8-16/h4-10,17,24,30H,3,11-15H2,1-2H3. The van der Waals surface area contributed by atoms with Gasteiger partial charge in [0.2, 0.25) is 10.0 Å². The number of halogens is 1. The lowest BCUT2D eigenvalue weighted by atomic mass is 9.88. The minimum absolute atomic E-state index is 0.0470. The topological polar surface area (TPSA) is 99.5 Å². The molecule has 1 atom stereocenters. The molecule has 1 N–H and O–H groups in total. The van der Waals surface area contributed by atoms with Crippen LogP contribution in [0.1, 0.15) is 42.1 Å². The van der Waals surface area contributed by atoms with Crippen molar-refractivity contribution in [1.29, 1.82) is 0 Å². The monoisotopic (exact) mass is 489 g/mol. The van der Waals surface area contributed by atoms with Crippen molar-refractivity contribution < 1.29 is 27.5 Å². The molecule has 0 aromatic heterocycles. The highest BCUT2D eigenvalue weighted by atomic mass is 32.2. The highest BCUT2D eigenvalue weighted by Gasteiger charge is 2.47. The van der Waals surface area contributed by atoms with Gasteiger partial charge in [-0.3, -0.25) is 9.69 Å². The Hall–Kier alpha value is -2.82. The maximum atomic E-state index is 13.6. The molecule has 1 saturated heterocycles. The molecule has 1 fully saturated rings. The Kier molecular flexibility index (Phi) is 7.01. The number of nitrogens with zero attached hydrogens (tertiary/aromatic N) is 3. The highest BCUT2D eigenvalue weighted by Crippen LogP contribution is 2.38. The van der Waals surface area contributed by atoms with E-state index in [9.17, 15) is 22.8 Å². The Balaban J connectivity index is 1.65. The van der Waals surface area contributed by atoms with Crippen LogP contribution in [0.5, 0.6) is 5.75 Å². The van der Waals surface area contributed by atoms with E-state index in [-0.39, 0.29) is 34.4 Å². The molecule has 1 unspecified atom stereocenters. The average Bonchev–Trinajstić information content (AvgIpc) is 2.85. The molecule has 0 bridgehead atoms. The number of hydrogen-bond acceptors (Lipinski definition) is 7. The fourth-order valence-electron chi connectivity index (χ4n) is 4.85. The molecule has 0 aliphatic carbocycles. The summed E-state index contributed by atoms with van der Waals surface area (Å²) < 4.78 is 47.2. The van der Waals surface area contributed by atoms with Crippen LogP contribution in [0.15, 0.2) is 52.5 Å². The van der Waals surface area contributed by atoms with Crippen molar-refractivity contribution in [3.05, 3.63) is 59.4 Å². The molecular weight excluding hydrogens is 461 g/mol. The zero-order chi connectivity index (χ0) is 24.5. The van der Waals surface area contributed by atoms with Crippen molar-refractivity contribution in [2.24, 2.45) is 11.1 Å². The molecular formula is C24H28FN3O5S. The van der Waals surface area contributed by atoms with Gasteiger partial charge in [0.05, 0.1) is 17.6 Å². The number of likely N-dealkylation sites (tertiary alicyclic amines) is 1. The smallest absolute Gasteiger partial charge is 0.245 e. The number of hydrogen-bond donors (Lipinski definition) is 1. The van der Waals surface area contributed by atoms with Gasteiger partial charge >= 0.3 is 0 Å². The van der Waals surface area contributed by atoms with Crippen LogP contribution in [-0.2, 0) is 10.0 Å². The zero-order valence-electron chi connectivity index (χ0n) is 19.1. The lowest BCUT2D eigenvalue weighted by molar-refractivity contribution is 0.0730.